The van der Waals surface area contributed by atoms with Gasteiger partial charge in [-0.05, 0) is 44.4 Å². The zero-order valence-electron chi connectivity index (χ0n) is 20.7. The molecule has 31 heavy (non-hydrogen) atoms. The molecule has 0 aromatic rings. The van der Waals surface area contributed by atoms with E-state index < -0.39 is 5.92 Å². The van der Waals surface area contributed by atoms with Crippen molar-refractivity contribution in [3.8, 4) is 0 Å². The van der Waals surface area contributed by atoms with Gasteiger partial charge in [-0.2, -0.15) is 0 Å². The number of esters is 1. The van der Waals surface area contributed by atoms with Crippen LogP contribution in [0, 0.1) is 17.3 Å². The Labute approximate surface area is 190 Å². The van der Waals surface area contributed by atoms with Crippen LogP contribution in [-0.4, -0.2) is 43.9 Å². The lowest BCUT2D eigenvalue weighted by Gasteiger charge is -2.18. The number of amides is 1. The Morgan fingerprint density at radius 3 is 2.39 bits per heavy atom. The van der Waals surface area contributed by atoms with Crippen LogP contribution in [0.5, 0.6) is 0 Å². The van der Waals surface area contributed by atoms with E-state index in [0.29, 0.717) is 26.1 Å². The van der Waals surface area contributed by atoms with Gasteiger partial charge in [0.2, 0.25) is 5.91 Å². The maximum absolute atomic E-state index is 12.3. The second-order valence-electron chi connectivity index (χ2n) is 9.47. The van der Waals surface area contributed by atoms with E-state index in [4.69, 9.17) is 4.74 Å². The molecule has 0 rings (SSSR count). The molecule has 0 aliphatic carbocycles. The minimum absolute atomic E-state index is 0.0117. The maximum atomic E-state index is 12.3. The van der Waals surface area contributed by atoms with Crippen molar-refractivity contribution in [2.75, 3.05) is 19.7 Å². The number of unbranched alkanes of at least 4 members (excludes halogenated alkanes) is 2. The van der Waals surface area contributed by atoms with Gasteiger partial charge in [0.1, 0.15) is 12.9 Å². The quantitative estimate of drug-likeness (QED) is 0.115. The fourth-order valence-electron chi connectivity index (χ4n) is 3.15. The first-order valence-electron chi connectivity index (χ1n) is 11.9. The Bertz CT molecular complexity index is 540. The molecule has 0 aliphatic rings. The molecule has 0 aromatic heterocycles. The molecule has 0 bridgehead atoms. The maximum Gasteiger partial charge on any atom is 0.308 e. The van der Waals surface area contributed by atoms with Crippen molar-refractivity contribution in [1.29, 1.82) is 0 Å². The fourth-order valence-corrected chi connectivity index (χ4v) is 3.15. The lowest BCUT2D eigenvalue weighted by molar-refractivity contribution is -0.148. The van der Waals surface area contributed by atoms with E-state index in [1.807, 2.05) is 13.8 Å². The molecule has 1 unspecified atom stereocenters. The second-order valence-corrected chi connectivity index (χ2v) is 9.47. The van der Waals surface area contributed by atoms with Gasteiger partial charge in [0.25, 0.3) is 0 Å². The first kappa shape index (κ1) is 29.3. The molecule has 0 spiro atoms. The molecule has 0 heterocycles. The van der Waals surface area contributed by atoms with E-state index in [0.717, 1.165) is 44.8 Å². The van der Waals surface area contributed by atoms with Crippen LogP contribution in [0.1, 0.15) is 86.5 Å². The number of aldehydes is 1. The third kappa shape index (κ3) is 15.7. The van der Waals surface area contributed by atoms with Crippen molar-refractivity contribution in [2.45, 2.75) is 92.5 Å². The largest absolute Gasteiger partial charge is 0.464 e. The molecule has 0 radical (unpaired) electrons. The molecule has 2 N–H and O–H groups in total. The average Bonchev–Trinajstić information content (AvgIpc) is 2.70. The smallest absolute Gasteiger partial charge is 0.308 e. The van der Waals surface area contributed by atoms with Gasteiger partial charge in [0.05, 0.1) is 11.8 Å². The predicted octanol–water partition coefficient (Wildman–Crippen LogP) is 4.43. The zero-order chi connectivity index (χ0) is 23.7. The molecule has 6 heteroatoms. The van der Waals surface area contributed by atoms with Crippen LogP contribution in [0.25, 0.3) is 0 Å². The summed E-state index contributed by atoms with van der Waals surface area (Å²) in [5, 5.41) is 6.08. The van der Waals surface area contributed by atoms with Crippen LogP contribution >= 0.6 is 0 Å². The van der Waals surface area contributed by atoms with Gasteiger partial charge in [0.15, 0.2) is 0 Å². The summed E-state index contributed by atoms with van der Waals surface area (Å²) >= 11 is 0. The standard InChI is InChI=1S/C25H46N2O4/c1-7-9-13-21(8-2)24(30)31-17-16-26-18-20(3)27-23(29)22(19-28)14-11-10-12-15-25(4,5)6/h12,15,19-22,26H,7-11,13-14,16-18H2,1-6H3,(H,27,29)/b15-12+/t20-,21?,22-/m0/s1. The summed E-state index contributed by atoms with van der Waals surface area (Å²) in [7, 11) is 0. The molecule has 1 amide bonds. The highest BCUT2D eigenvalue weighted by Crippen LogP contribution is 2.16. The number of rotatable bonds is 17. The molecule has 6 nitrogen and oxygen atoms in total. The van der Waals surface area contributed by atoms with E-state index in [1.165, 1.54) is 0 Å². The second kappa shape index (κ2) is 16.9. The van der Waals surface area contributed by atoms with Crippen LogP contribution in [0.2, 0.25) is 0 Å². The van der Waals surface area contributed by atoms with Crippen molar-refractivity contribution in [3.05, 3.63) is 12.2 Å². The summed E-state index contributed by atoms with van der Waals surface area (Å²) in [6, 6.07) is -0.112. The molecular formula is C25H46N2O4. The summed E-state index contributed by atoms with van der Waals surface area (Å²) < 4.78 is 5.36. The monoisotopic (exact) mass is 438 g/mol. The SMILES string of the molecule is CCCCC(CC)C(=O)OCCNC[C@H](C)NC(=O)[C@H](C=O)CCC/C=C/C(C)(C)C. The molecule has 0 fully saturated rings. The Kier molecular flexibility index (Phi) is 16.0. The summed E-state index contributed by atoms with van der Waals surface area (Å²) in [6.07, 6.45) is 11.0. The highest BCUT2D eigenvalue weighted by atomic mass is 16.5. The minimum Gasteiger partial charge on any atom is -0.464 e. The molecule has 180 valence electrons. The minimum atomic E-state index is -0.611. The number of nitrogens with one attached hydrogen (secondary N) is 2. The Morgan fingerprint density at radius 2 is 1.81 bits per heavy atom. The average molecular weight is 439 g/mol. The van der Waals surface area contributed by atoms with E-state index in [9.17, 15) is 14.4 Å². The van der Waals surface area contributed by atoms with Crippen molar-refractivity contribution < 1.29 is 19.1 Å². The summed E-state index contributed by atoms with van der Waals surface area (Å²) in [5.41, 5.74) is 0.148. The number of carbonyl (C=O) groups excluding carboxylic acids is 3. The Hall–Kier alpha value is -1.69. The summed E-state index contributed by atoms with van der Waals surface area (Å²) in [4.78, 5) is 35.7. The Morgan fingerprint density at radius 1 is 1.10 bits per heavy atom. The van der Waals surface area contributed by atoms with Gasteiger partial charge in [-0.15, -0.1) is 0 Å². The molecule has 0 aliphatic heterocycles. The van der Waals surface area contributed by atoms with Crippen LogP contribution in [0.3, 0.4) is 0 Å². The van der Waals surface area contributed by atoms with Crippen molar-refractivity contribution in [3.63, 3.8) is 0 Å². The van der Waals surface area contributed by atoms with Gasteiger partial charge in [0, 0.05) is 19.1 Å². The summed E-state index contributed by atoms with van der Waals surface area (Å²) in [6.45, 7) is 13.8. The molecule has 0 saturated carbocycles. The van der Waals surface area contributed by atoms with Gasteiger partial charge in [-0.25, -0.2) is 0 Å². The number of hydrogen-bond acceptors (Lipinski definition) is 5. The van der Waals surface area contributed by atoms with Crippen LogP contribution in [0.15, 0.2) is 12.2 Å². The van der Waals surface area contributed by atoms with Crippen molar-refractivity contribution in [1.82, 2.24) is 10.6 Å². The predicted molar refractivity (Wildman–Crippen MR) is 127 cm³/mol. The zero-order valence-corrected chi connectivity index (χ0v) is 20.7. The van der Waals surface area contributed by atoms with Crippen LogP contribution in [0.4, 0.5) is 0 Å². The molecule has 0 aromatic carbocycles. The highest BCUT2D eigenvalue weighted by Gasteiger charge is 2.19. The van der Waals surface area contributed by atoms with Crippen LogP contribution < -0.4 is 10.6 Å². The number of carbonyl (C=O) groups is 3. The molecule has 3 atom stereocenters. The van der Waals surface area contributed by atoms with Gasteiger partial charge < -0.3 is 20.2 Å². The molecule has 0 saturated heterocycles. The normalized spacial score (nSPS) is 14.8. The third-order valence-electron chi connectivity index (χ3n) is 5.10. The van der Waals surface area contributed by atoms with Crippen molar-refractivity contribution in [2.24, 2.45) is 17.3 Å². The topological polar surface area (TPSA) is 84.5 Å². The fraction of sp³-hybridized carbons (Fsp3) is 0.800. The van der Waals surface area contributed by atoms with Gasteiger partial charge >= 0.3 is 5.97 Å². The van der Waals surface area contributed by atoms with E-state index in [-0.39, 0.29) is 29.3 Å². The van der Waals surface area contributed by atoms with E-state index in [2.05, 4.69) is 50.5 Å². The highest BCUT2D eigenvalue weighted by molar-refractivity contribution is 5.91. The number of hydrogen-bond donors (Lipinski definition) is 2. The van der Waals surface area contributed by atoms with Crippen LogP contribution in [-0.2, 0) is 19.1 Å². The Balaban J connectivity index is 4.06. The third-order valence-corrected chi connectivity index (χ3v) is 5.10. The van der Waals surface area contributed by atoms with Gasteiger partial charge in [-0.1, -0.05) is 59.6 Å². The first-order valence-corrected chi connectivity index (χ1v) is 11.9. The molecular weight excluding hydrogens is 392 g/mol. The van der Waals surface area contributed by atoms with E-state index in [1.54, 1.807) is 0 Å². The number of ether oxygens (including phenoxy) is 1. The van der Waals surface area contributed by atoms with E-state index >= 15 is 0 Å². The van der Waals surface area contributed by atoms with Gasteiger partial charge in [-0.3, -0.25) is 9.59 Å². The lowest BCUT2D eigenvalue weighted by atomic mass is 9.95. The lowest BCUT2D eigenvalue weighted by Crippen LogP contribution is -2.43. The number of allylic oxidation sites excluding steroid dienone is 2. The first-order chi connectivity index (χ1) is 14.6. The van der Waals surface area contributed by atoms with Crippen molar-refractivity contribution >= 4 is 18.2 Å². The summed E-state index contributed by atoms with van der Waals surface area (Å²) in [5.74, 6) is -0.967.